The monoisotopic (exact) mass is 452 g/mol. The van der Waals surface area contributed by atoms with E-state index in [9.17, 15) is 21.9 Å². The summed E-state index contributed by atoms with van der Waals surface area (Å²) in [5.74, 6) is -0.187. The molecule has 1 fully saturated rings. The normalized spacial score (nSPS) is 17.6. The second kappa shape index (κ2) is 9.05. The minimum Gasteiger partial charge on any atom is -0.391 e. The van der Waals surface area contributed by atoms with E-state index >= 15 is 0 Å². The number of β-amino-alcohol motifs (C(OH)–C–C–N with tert-alkyl or cyclic N) is 1. The van der Waals surface area contributed by atoms with Gasteiger partial charge in [0.25, 0.3) is 0 Å². The van der Waals surface area contributed by atoms with Gasteiger partial charge < -0.3 is 10.0 Å². The van der Waals surface area contributed by atoms with E-state index in [0.29, 0.717) is 25.1 Å². The van der Waals surface area contributed by atoms with E-state index in [2.05, 4.69) is 4.90 Å². The highest BCUT2D eigenvalue weighted by molar-refractivity contribution is 7.90. The molecule has 0 spiro atoms. The molecule has 0 bridgehead atoms. The Morgan fingerprint density at radius 3 is 2.33 bits per heavy atom. The zero-order valence-corrected chi connectivity index (χ0v) is 18.9. The lowest BCUT2D eigenvalue weighted by molar-refractivity contribution is 0.198. The first kappa shape index (κ1) is 22.7. The third kappa shape index (κ3) is 5.60. The Labute approximate surface area is 178 Å². The van der Waals surface area contributed by atoms with Gasteiger partial charge in [-0.15, -0.1) is 0 Å². The molecular weight excluding hydrogens is 424 g/mol. The van der Waals surface area contributed by atoms with Crippen molar-refractivity contribution in [3.63, 3.8) is 0 Å². The highest BCUT2D eigenvalue weighted by Gasteiger charge is 2.23. The van der Waals surface area contributed by atoms with Gasteiger partial charge in [0.15, 0.2) is 9.84 Å². The molecule has 30 heavy (non-hydrogen) atoms. The number of likely N-dealkylation sites (N-methyl/N-ethyl adjacent to an activating group) is 1. The second-order valence-corrected chi connectivity index (χ2v) is 11.9. The summed E-state index contributed by atoms with van der Waals surface area (Å²) in [6.45, 7) is 1.71. The van der Waals surface area contributed by atoms with Gasteiger partial charge in [0, 0.05) is 38.6 Å². The Kier molecular flexibility index (Phi) is 6.86. The average molecular weight is 453 g/mol. The van der Waals surface area contributed by atoms with Crippen molar-refractivity contribution in [3.05, 3.63) is 59.7 Å². The number of aliphatic hydroxyl groups excluding tert-OH is 1. The number of anilines is 1. The zero-order valence-electron chi connectivity index (χ0n) is 17.2. The number of rotatable bonds is 8. The summed E-state index contributed by atoms with van der Waals surface area (Å²) in [7, 11) is -5.30. The maximum absolute atomic E-state index is 12.8. The molecule has 0 unspecified atom stereocenters. The Morgan fingerprint density at radius 2 is 1.73 bits per heavy atom. The van der Waals surface area contributed by atoms with E-state index < -0.39 is 19.9 Å². The predicted molar refractivity (Wildman–Crippen MR) is 118 cm³/mol. The van der Waals surface area contributed by atoms with Gasteiger partial charge in [0.05, 0.1) is 16.8 Å². The van der Waals surface area contributed by atoms with Crippen LogP contribution in [0.2, 0.25) is 0 Å². The van der Waals surface area contributed by atoms with Gasteiger partial charge >= 0.3 is 0 Å². The minimum atomic E-state index is -3.54. The van der Waals surface area contributed by atoms with E-state index in [0.717, 1.165) is 30.5 Å². The first-order valence-electron chi connectivity index (χ1n) is 9.80. The topological polar surface area (TPSA) is 95.0 Å². The molecular formula is C21H28N2O5S2. The Morgan fingerprint density at radius 1 is 1.07 bits per heavy atom. The SMILES string of the molecule is CN(CCc1ccccc1N1CC[C@H](O)C1)S(=O)(=O)Cc1ccc(S(C)(=O)=O)cc1. The summed E-state index contributed by atoms with van der Waals surface area (Å²) in [5.41, 5.74) is 2.63. The Balaban J connectivity index is 1.65. The van der Waals surface area contributed by atoms with Crippen LogP contribution in [-0.2, 0) is 32.0 Å². The molecule has 1 N–H and O–H groups in total. The largest absolute Gasteiger partial charge is 0.391 e. The number of hydrogen-bond acceptors (Lipinski definition) is 6. The van der Waals surface area contributed by atoms with Crippen molar-refractivity contribution in [2.75, 3.05) is 37.8 Å². The second-order valence-electron chi connectivity index (χ2n) is 7.76. The van der Waals surface area contributed by atoms with Crippen molar-refractivity contribution < 1.29 is 21.9 Å². The standard InChI is InChI=1S/C21H28N2O5S2/c1-22(30(27,28)16-17-7-9-20(10-8-17)29(2,25)26)13-11-18-5-3-4-6-21(18)23-14-12-19(24)15-23/h3-10,19,24H,11-16H2,1-2H3/t19-/m0/s1. The molecule has 1 atom stereocenters. The summed E-state index contributed by atoms with van der Waals surface area (Å²) in [6, 6.07) is 13.8. The highest BCUT2D eigenvalue weighted by atomic mass is 32.2. The van der Waals surface area contributed by atoms with Crippen LogP contribution in [0.5, 0.6) is 0 Å². The minimum absolute atomic E-state index is 0.167. The van der Waals surface area contributed by atoms with Crippen molar-refractivity contribution in [2.45, 2.75) is 29.6 Å². The fourth-order valence-corrected chi connectivity index (χ4v) is 5.40. The highest BCUT2D eigenvalue weighted by Crippen LogP contribution is 2.25. The van der Waals surface area contributed by atoms with Crippen molar-refractivity contribution >= 4 is 25.5 Å². The lowest BCUT2D eigenvalue weighted by Crippen LogP contribution is -2.30. The van der Waals surface area contributed by atoms with Crippen LogP contribution in [0.3, 0.4) is 0 Å². The summed E-state index contributed by atoms with van der Waals surface area (Å²) < 4.78 is 50.0. The number of hydrogen-bond donors (Lipinski definition) is 1. The van der Waals surface area contributed by atoms with Crippen LogP contribution < -0.4 is 4.90 Å². The van der Waals surface area contributed by atoms with Gasteiger partial charge in [-0.25, -0.2) is 21.1 Å². The van der Waals surface area contributed by atoms with Crippen LogP contribution in [0.15, 0.2) is 53.4 Å². The molecule has 1 heterocycles. The zero-order chi connectivity index (χ0) is 21.9. The number of aliphatic hydroxyl groups is 1. The molecule has 1 saturated heterocycles. The number of sulfone groups is 1. The van der Waals surface area contributed by atoms with Gasteiger partial charge in [0.1, 0.15) is 0 Å². The molecule has 2 aromatic carbocycles. The fourth-order valence-electron chi connectivity index (χ4n) is 3.56. The quantitative estimate of drug-likeness (QED) is 0.655. The molecule has 0 amide bonds. The Bertz CT molecular complexity index is 1080. The van der Waals surface area contributed by atoms with Crippen LogP contribution in [0.4, 0.5) is 5.69 Å². The van der Waals surface area contributed by atoms with E-state index in [1.54, 1.807) is 7.05 Å². The molecule has 1 aliphatic rings. The number of sulfonamides is 1. The van der Waals surface area contributed by atoms with E-state index in [1.165, 1.54) is 28.6 Å². The molecule has 0 aliphatic carbocycles. The van der Waals surface area contributed by atoms with Crippen LogP contribution in [-0.4, -0.2) is 65.3 Å². The van der Waals surface area contributed by atoms with Gasteiger partial charge in [-0.2, -0.15) is 0 Å². The van der Waals surface area contributed by atoms with E-state index in [4.69, 9.17) is 0 Å². The molecule has 2 aromatic rings. The van der Waals surface area contributed by atoms with Crippen LogP contribution in [0, 0.1) is 0 Å². The third-order valence-electron chi connectivity index (χ3n) is 5.37. The molecule has 0 radical (unpaired) electrons. The molecule has 3 rings (SSSR count). The lowest BCUT2D eigenvalue weighted by atomic mass is 10.1. The van der Waals surface area contributed by atoms with Crippen molar-refractivity contribution in [1.29, 1.82) is 0 Å². The fraction of sp³-hybridized carbons (Fsp3) is 0.429. The first-order chi connectivity index (χ1) is 14.1. The molecule has 9 heteroatoms. The van der Waals surface area contributed by atoms with Gasteiger partial charge in [-0.3, -0.25) is 0 Å². The average Bonchev–Trinajstić information content (AvgIpc) is 3.12. The van der Waals surface area contributed by atoms with E-state index in [-0.39, 0.29) is 16.8 Å². The lowest BCUT2D eigenvalue weighted by Gasteiger charge is -2.23. The number of para-hydroxylation sites is 1. The van der Waals surface area contributed by atoms with Crippen LogP contribution in [0.1, 0.15) is 17.5 Å². The molecule has 0 aromatic heterocycles. The summed E-state index contributed by atoms with van der Waals surface area (Å²) in [5, 5.41) is 9.82. The van der Waals surface area contributed by atoms with Crippen LogP contribution >= 0.6 is 0 Å². The molecule has 164 valence electrons. The molecule has 7 nitrogen and oxygen atoms in total. The summed E-state index contributed by atoms with van der Waals surface area (Å²) in [6.07, 6.45) is 2.09. The van der Waals surface area contributed by atoms with Crippen molar-refractivity contribution in [1.82, 2.24) is 4.31 Å². The van der Waals surface area contributed by atoms with E-state index in [1.807, 2.05) is 24.3 Å². The van der Waals surface area contributed by atoms with Crippen molar-refractivity contribution in [3.8, 4) is 0 Å². The third-order valence-corrected chi connectivity index (χ3v) is 8.33. The number of benzene rings is 2. The van der Waals surface area contributed by atoms with Gasteiger partial charge in [-0.1, -0.05) is 30.3 Å². The maximum Gasteiger partial charge on any atom is 0.218 e. The van der Waals surface area contributed by atoms with Crippen molar-refractivity contribution in [2.24, 2.45) is 0 Å². The smallest absolute Gasteiger partial charge is 0.218 e. The first-order valence-corrected chi connectivity index (χ1v) is 13.3. The predicted octanol–water partition coefficient (Wildman–Crippen LogP) is 1.67. The Hall–Kier alpha value is -1.94. The maximum atomic E-state index is 12.8. The molecule has 1 aliphatic heterocycles. The van der Waals surface area contributed by atoms with Crippen LogP contribution in [0.25, 0.3) is 0 Å². The number of nitrogens with zero attached hydrogens (tertiary/aromatic N) is 2. The summed E-state index contributed by atoms with van der Waals surface area (Å²) >= 11 is 0. The summed E-state index contributed by atoms with van der Waals surface area (Å²) in [4.78, 5) is 2.30. The van der Waals surface area contributed by atoms with Gasteiger partial charge in [-0.05, 0) is 42.2 Å². The van der Waals surface area contributed by atoms with Gasteiger partial charge in [0.2, 0.25) is 10.0 Å². The molecule has 0 saturated carbocycles.